The van der Waals surface area contributed by atoms with E-state index in [2.05, 4.69) is 35.3 Å². The van der Waals surface area contributed by atoms with Gasteiger partial charge in [0, 0.05) is 32.5 Å². The van der Waals surface area contributed by atoms with E-state index < -0.39 is 0 Å². The number of likely N-dealkylation sites (tertiary alicyclic amines) is 1. The summed E-state index contributed by atoms with van der Waals surface area (Å²) >= 11 is 0. The molecule has 1 aliphatic heterocycles. The number of ketones is 1. The van der Waals surface area contributed by atoms with Crippen molar-refractivity contribution in [2.24, 2.45) is 5.92 Å². The van der Waals surface area contributed by atoms with Crippen molar-refractivity contribution in [1.29, 1.82) is 0 Å². The Balaban J connectivity index is 1.51. The first kappa shape index (κ1) is 21.3. The van der Waals surface area contributed by atoms with E-state index in [-0.39, 0.29) is 11.7 Å². The third-order valence-corrected chi connectivity index (χ3v) is 5.68. The summed E-state index contributed by atoms with van der Waals surface area (Å²) in [5, 5.41) is 3.03. The van der Waals surface area contributed by atoms with Gasteiger partial charge in [0.05, 0.1) is 5.56 Å². The fraction of sp³-hybridized carbons (Fsp3) is 0.500. The topological polar surface area (TPSA) is 62.6 Å². The molecule has 1 atom stereocenters. The van der Waals surface area contributed by atoms with Crippen molar-refractivity contribution in [1.82, 2.24) is 10.2 Å². The van der Waals surface area contributed by atoms with Gasteiger partial charge in [-0.15, -0.1) is 0 Å². The van der Waals surface area contributed by atoms with Gasteiger partial charge in [0.2, 0.25) is 5.91 Å². The van der Waals surface area contributed by atoms with Crippen molar-refractivity contribution in [3.05, 3.63) is 58.5 Å². The Morgan fingerprint density at radius 3 is 2.69 bits per heavy atom. The molecule has 1 aromatic carbocycles. The zero-order valence-electron chi connectivity index (χ0n) is 17.8. The first-order valence-electron chi connectivity index (χ1n) is 10.6. The maximum Gasteiger partial charge on any atom is 0.220 e. The molecule has 1 fully saturated rings. The summed E-state index contributed by atoms with van der Waals surface area (Å²) in [6.07, 6.45) is 3.42. The summed E-state index contributed by atoms with van der Waals surface area (Å²) < 4.78 is 5.60. The van der Waals surface area contributed by atoms with Crippen LogP contribution in [0.5, 0.6) is 0 Å². The second-order valence-corrected chi connectivity index (χ2v) is 8.27. The van der Waals surface area contributed by atoms with E-state index in [0.717, 1.165) is 25.6 Å². The standard InChI is InChI=1S/C24H32N2O3/c1-17-7-6-12-26(15-17)16-21-9-5-4-8-20(21)14-25-24(28)11-10-22-13-23(18(2)27)19(3)29-22/h4-5,8-9,13,17H,6-7,10-12,14-16H2,1-3H3,(H,25,28)/t17-/m1/s1. The van der Waals surface area contributed by atoms with Crippen LogP contribution in [0.25, 0.3) is 0 Å². The van der Waals surface area contributed by atoms with Crippen LogP contribution in [-0.2, 0) is 24.3 Å². The van der Waals surface area contributed by atoms with E-state index >= 15 is 0 Å². The Bertz CT molecular complexity index is 856. The van der Waals surface area contributed by atoms with E-state index in [4.69, 9.17) is 4.42 Å². The van der Waals surface area contributed by atoms with Crippen LogP contribution in [0.1, 0.15) is 66.1 Å². The zero-order chi connectivity index (χ0) is 20.8. The molecule has 1 amide bonds. The van der Waals surface area contributed by atoms with Crippen LogP contribution in [-0.4, -0.2) is 29.7 Å². The van der Waals surface area contributed by atoms with E-state index in [9.17, 15) is 9.59 Å². The number of amides is 1. The lowest BCUT2D eigenvalue weighted by atomic mass is 9.99. The largest absolute Gasteiger partial charge is 0.466 e. The molecule has 156 valence electrons. The summed E-state index contributed by atoms with van der Waals surface area (Å²) in [5.74, 6) is 2.03. The molecule has 0 radical (unpaired) electrons. The summed E-state index contributed by atoms with van der Waals surface area (Å²) in [4.78, 5) is 26.4. The minimum absolute atomic E-state index is 0.00942. The zero-order valence-corrected chi connectivity index (χ0v) is 17.8. The van der Waals surface area contributed by atoms with Crippen molar-refractivity contribution < 1.29 is 14.0 Å². The monoisotopic (exact) mass is 396 g/mol. The number of hydrogen-bond donors (Lipinski definition) is 1. The number of piperidine rings is 1. The highest BCUT2D eigenvalue weighted by Crippen LogP contribution is 2.20. The highest BCUT2D eigenvalue weighted by atomic mass is 16.3. The predicted molar refractivity (Wildman–Crippen MR) is 114 cm³/mol. The molecule has 2 heterocycles. The predicted octanol–water partition coefficient (Wildman–Crippen LogP) is 4.27. The molecule has 0 bridgehead atoms. The molecule has 2 aromatic rings. The maximum absolute atomic E-state index is 12.3. The molecule has 0 unspecified atom stereocenters. The summed E-state index contributed by atoms with van der Waals surface area (Å²) in [7, 11) is 0. The van der Waals surface area contributed by atoms with E-state index in [1.54, 1.807) is 13.0 Å². The quantitative estimate of drug-likeness (QED) is 0.677. The molecule has 1 aromatic heterocycles. The first-order valence-corrected chi connectivity index (χ1v) is 10.6. The van der Waals surface area contributed by atoms with Crippen molar-refractivity contribution in [2.75, 3.05) is 13.1 Å². The average molecular weight is 397 g/mol. The van der Waals surface area contributed by atoms with Crippen molar-refractivity contribution in [3.8, 4) is 0 Å². The van der Waals surface area contributed by atoms with Crippen molar-refractivity contribution >= 4 is 11.7 Å². The first-order chi connectivity index (χ1) is 13.9. The Morgan fingerprint density at radius 1 is 1.24 bits per heavy atom. The van der Waals surface area contributed by atoms with Crippen LogP contribution < -0.4 is 5.32 Å². The van der Waals surface area contributed by atoms with Crippen LogP contribution >= 0.6 is 0 Å². The van der Waals surface area contributed by atoms with Gasteiger partial charge in [-0.1, -0.05) is 31.2 Å². The Labute approximate surface area is 173 Å². The van der Waals surface area contributed by atoms with Gasteiger partial charge in [-0.2, -0.15) is 0 Å². The summed E-state index contributed by atoms with van der Waals surface area (Å²) in [6.45, 7) is 9.39. The van der Waals surface area contributed by atoms with Crippen LogP contribution in [0, 0.1) is 12.8 Å². The third kappa shape index (κ3) is 6.04. The molecule has 0 aliphatic carbocycles. The molecular weight excluding hydrogens is 364 g/mol. The fourth-order valence-electron chi connectivity index (χ4n) is 4.09. The van der Waals surface area contributed by atoms with Crippen molar-refractivity contribution in [2.45, 2.75) is 59.5 Å². The maximum atomic E-state index is 12.3. The van der Waals surface area contributed by atoms with E-state index in [1.807, 2.05) is 6.07 Å². The van der Waals surface area contributed by atoms with Crippen LogP contribution in [0.15, 0.2) is 34.7 Å². The fourth-order valence-corrected chi connectivity index (χ4v) is 4.09. The minimum Gasteiger partial charge on any atom is -0.466 e. The van der Waals surface area contributed by atoms with Gasteiger partial charge in [-0.05, 0) is 56.3 Å². The SMILES string of the molecule is CC(=O)c1cc(CCC(=O)NCc2ccccc2CN2CCC[C@@H](C)C2)oc1C. The van der Waals surface area contributed by atoms with Gasteiger partial charge in [0.15, 0.2) is 5.78 Å². The van der Waals surface area contributed by atoms with Crippen molar-refractivity contribution in [3.63, 3.8) is 0 Å². The highest BCUT2D eigenvalue weighted by Gasteiger charge is 2.17. The number of aryl methyl sites for hydroxylation is 2. The lowest BCUT2D eigenvalue weighted by Gasteiger charge is -2.31. The number of carbonyl (C=O) groups excluding carboxylic acids is 2. The number of hydrogen-bond acceptors (Lipinski definition) is 4. The Kier molecular flexibility index (Phi) is 7.26. The summed E-state index contributed by atoms with van der Waals surface area (Å²) in [6, 6.07) is 10.1. The Morgan fingerprint density at radius 2 is 2.00 bits per heavy atom. The molecule has 3 rings (SSSR count). The number of Topliss-reactive ketones (excluding diaryl/α,β-unsaturated/α-hetero) is 1. The van der Waals surface area contributed by atoms with Gasteiger partial charge < -0.3 is 9.73 Å². The average Bonchev–Trinajstić information content (AvgIpc) is 3.07. The minimum atomic E-state index is -0.0124. The molecular formula is C24H32N2O3. The lowest BCUT2D eigenvalue weighted by molar-refractivity contribution is -0.121. The van der Waals surface area contributed by atoms with Gasteiger partial charge >= 0.3 is 0 Å². The van der Waals surface area contributed by atoms with Gasteiger partial charge in [0.1, 0.15) is 11.5 Å². The third-order valence-electron chi connectivity index (χ3n) is 5.68. The van der Waals surface area contributed by atoms with Gasteiger partial charge in [-0.25, -0.2) is 0 Å². The number of benzene rings is 1. The van der Waals surface area contributed by atoms with Crippen LogP contribution in [0.2, 0.25) is 0 Å². The smallest absolute Gasteiger partial charge is 0.220 e. The van der Waals surface area contributed by atoms with E-state index in [1.165, 1.54) is 30.9 Å². The van der Waals surface area contributed by atoms with Crippen LogP contribution in [0.3, 0.4) is 0 Å². The second-order valence-electron chi connectivity index (χ2n) is 8.27. The molecule has 0 spiro atoms. The number of rotatable bonds is 8. The molecule has 29 heavy (non-hydrogen) atoms. The molecule has 1 N–H and O–H groups in total. The lowest BCUT2D eigenvalue weighted by Crippen LogP contribution is -2.34. The van der Waals surface area contributed by atoms with Gasteiger partial charge in [-0.3, -0.25) is 14.5 Å². The highest BCUT2D eigenvalue weighted by molar-refractivity contribution is 5.95. The van der Waals surface area contributed by atoms with Crippen LogP contribution in [0.4, 0.5) is 0 Å². The number of nitrogens with zero attached hydrogens (tertiary/aromatic N) is 1. The normalized spacial score (nSPS) is 17.3. The molecule has 0 saturated carbocycles. The van der Waals surface area contributed by atoms with E-state index in [0.29, 0.717) is 36.5 Å². The molecule has 5 heteroatoms. The number of nitrogens with one attached hydrogen (secondary N) is 1. The molecule has 1 aliphatic rings. The van der Waals surface area contributed by atoms with Gasteiger partial charge in [0.25, 0.3) is 0 Å². The number of carbonyl (C=O) groups is 2. The second kappa shape index (κ2) is 9.88. The summed E-state index contributed by atoms with van der Waals surface area (Å²) in [5.41, 5.74) is 3.06. The molecule has 5 nitrogen and oxygen atoms in total. The molecule has 1 saturated heterocycles. The number of furan rings is 1. The Hall–Kier alpha value is -2.40.